The Morgan fingerprint density at radius 3 is 2.45 bits per heavy atom. The van der Waals surface area contributed by atoms with E-state index in [2.05, 4.69) is 9.97 Å². The van der Waals surface area contributed by atoms with Gasteiger partial charge < -0.3 is 14.6 Å². The molecule has 0 bridgehead atoms. The van der Waals surface area contributed by atoms with Crippen LogP contribution in [-0.2, 0) is 0 Å². The monoisotopic (exact) mass is 303 g/mol. The summed E-state index contributed by atoms with van der Waals surface area (Å²) in [5.74, 6) is 1.75. The van der Waals surface area contributed by atoms with E-state index in [0.29, 0.717) is 17.4 Å². The van der Waals surface area contributed by atoms with E-state index in [9.17, 15) is 5.11 Å². The Morgan fingerprint density at radius 1 is 1.14 bits per heavy atom. The molecular formula is C16H21N3O3. The molecule has 1 saturated heterocycles. The fourth-order valence-electron chi connectivity index (χ4n) is 3.08. The van der Waals surface area contributed by atoms with Gasteiger partial charge in [-0.2, -0.15) is 0 Å². The molecule has 1 aliphatic rings. The van der Waals surface area contributed by atoms with Crippen molar-refractivity contribution in [3.8, 4) is 11.5 Å². The molecule has 2 aromatic rings. The van der Waals surface area contributed by atoms with Crippen LogP contribution in [0.4, 0.5) is 0 Å². The number of hydrogen-bond acceptors (Lipinski definition) is 6. The van der Waals surface area contributed by atoms with Gasteiger partial charge in [0.1, 0.15) is 6.33 Å². The van der Waals surface area contributed by atoms with Crippen molar-refractivity contribution < 1.29 is 14.6 Å². The number of aliphatic hydroxyl groups excluding tert-OH is 1. The highest BCUT2D eigenvalue weighted by atomic mass is 16.5. The van der Waals surface area contributed by atoms with Gasteiger partial charge in [-0.15, -0.1) is 0 Å². The molecule has 0 amide bonds. The molecule has 0 radical (unpaired) electrons. The fraction of sp³-hybridized carbons (Fsp3) is 0.500. The molecule has 1 N–H and O–H groups in total. The highest BCUT2D eigenvalue weighted by molar-refractivity contribution is 5.85. The average molecular weight is 303 g/mol. The van der Waals surface area contributed by atoms with Crippen molar-refractivity contribution in [1.29, 1.82) is 0 Å². The van der Waals surface area contributed by atoms with Crippen LogP contribution in [0.3, 0.4) is 0 Å². The number of hydrogen-bond donors (Lipinski definition) is 1. The van der Waals surface area contributed by atoms with Crippen LogP contribution in [0.15, 0.2) is 18.5 Å². The Bertz CT molecular complexity index is 654. The number of piperidine rings is 1. The topological polar surface area (TPSA) is 67.7 Å². The van der Waals surface area contributed by atoms with Crippen molar-refractivity contribution in [2.75, 3.05) is 34.0 Å². The van der Waals surface area contributed by atoms with E-state index in [1.165, 1.54) is 0 Å². The molecule has 1 aliphatic heterocycles. The standard InChI is InChI=1S/C16H21N3O3/c1-21-14-7-12-13(8-15(14)22-2)17-9-18-16(12)11-3-5-19(10-20)6-4-11/h7-9,11,20H,3-6,10H2,1-2H3. The van der Waals surface area contributed by atoms with E-state index < -0.39 is 0 Å². The second-order valence-corrected chi connectivity index (χ2v) is 5.52. The molecule has 22 heavy (non-hydrogen) atoms. The summed E-state index contributed by atoms with van der Waals surface area (Å²) in [4.78, 5) is 10.9. The summed E-state index contributed by atoms with van der Waals surface area (Å²) in [7, 11) is 3.25. The zero-order valence-electron chi connectivity index (χ0n) is 13.0. The number of nitrogens with zero attached hydrogens (tertiary/aromatic N) is 3. The summed E-state index contributed by atoms with van der Waals surface area (Å²) in [6.45, 7) is 1.90. The predicted octanol–water partition coefficient (Wildman–Crippen LogP) is 1.78. The first-order valence-corrected chi connectivity index (χ1v) is 7.46. The van der Waals surface area contributed by atoms with E-state index in [1.807, 2.05) is 17.0 Å². The molecular weight excluding hydrogens is 282 g/mol. The number of likely N-dealkylation sites (tertiary alicyclic amines) is 1. The average Bonchev–Trinajstić information content (AvgIpc) is 2.60. The molecule has 0 aliphatic carbocycles. The lowest BCUT2D eigenvalue weighted by atomic mass is 9.91. The van der Waals surface area contributed by atoms with Gasteiger partial charge in [0.25, 0.3) is 0 Å². The minimum Gasteiger partial charge on any atom is -0.493 e. The van der Waals surface area contributed by atoms with Gasteiger partial charge in [0, 0.05) is 30.5 Å². The number of rotatable bonds is 4. The Kier molecular flexibility index (Phi) is 4.40. The van der Waals surface area contributed by atoms with Crippen molar-refractivity contribution in [3.63, 3.8) is 0 Å². The Balaban J connectivity index is 1.99. The first-order chi connectivity index (χ1) is 10.8. The number of methoxy groups -OCH3 is 2. The van der Waals surface area contributed by atoms with E-state index in [-0.39, 0.29) is 6.73 Å². The third-order valence-corrected chi connectivity index (χ3v) is 4.35. The Hall–Kier alpha value is -1.92. The summed E-state index contributed by atoms with van der Waals surface area (Å²) in [6.07, 6.45) is 3.59. The summed E-state index contributed by atoms with van der Waals surface area (Å²) in [5.41, 5.74) is 1.93. The smallest absolute Gasteiger partial charge is 0.162 e. The molecule has 0 saturated carbocycles. The van der Waals surface area contributed by atoms with Crippen LogP contribution >= 0.6 is 0 Å². The van der Waals surface area contributed by atoms with Crippen LogP contribution in [0.5, 0.6) is 11.5 Å². The summed E-state index contributed by atoms with van der Waals surface area (Å²) in [5, 5.41) is 10.2. The van der Waals surface area contributed by atoms with E-state index in [1.54, 1.807) is 20.5 Å². The molecule has 118 valence electrons. The second kappa shape index (κ2) is 6.46. The number of fused-ring (bicyclic) bond motifs is 1. The Labute approximate surface area is 129 Å². The van der Waals surface area contributed by atoms with Gasteiger partial charge in [0.05, 0.1) is 32.2 Å². The molecule has 1 aromatic heterocycles. The molecule has 0 unspecified atom stereocenters. The van der Waals surface area contributed by atoms with Gasteiger partial charge in [0.15, 0.2) is 11.5 Å². The number of ether oxygens (including phenoxy) is 2. The zero-order valence-corrected chi connectivity index (χ0v) is 13.0. The lowest BCUT2D eigenvalue weighted by molar-refractivity contribution is 0.0834. The molecule has 6 heteroatoms. The second-order valence-electron chi connectivity index (χ2n) is 5.52. The SMILES string of the molecule is COc1cc2ncnc(C3CCN(CO)CC3)c2cc1OC. The number of aliphatic hydroxyl groups is 1. The first kappa shape index (κ1) is 15.0. The Morgan fingerprint density at radius 2 is 1.82 bits per heavy atom. The molecule has 2 heterocycles. The van der Waals surface area contributed by atoms with Gasteiger partial charge in [-0.1, -0.05) is 0 Å². The third kappa shape index (κ3) is 2.71. The minimum atomic E-state index is 0.127. The number of benzene rings is 1. The first-order valence-electron chi connectivity index (χ1n) is 7.46. The maximum Gasteiger partial charge on any atom is 0.162 e. The van der Waals surface area contributed by atoms with Gasteiger partial charge in [-0.05, 0) is 18.9 Å². The molecule has 0 atom stereocenters. The highest BCUT2D eigenvalue weighted by Gasteiger charge is 2.23. The van der Waals surface area contributed by atoms with Gasteiger partial charge in [-0.3, -0.25) is 4.90 Å². The third-order valence-electron chi connectivity index (χ3n) is 4.35. The maximum absolute atomic E-state index is 9.22. The van der Waals surface area contributed by atoms with Crippen LogP contribution in [-0.4, -0.2) is 54.0 Å². The predicted molar refractivity (Wildman–Crippen MR) is 83.3 cm³/mol. The summed E-state index contributed by atoms with van der Waals surface area (Å²) >= 11 is 0. The zero-order chi connectivity index (χ0) is 15.5. The largest absolute Gasteiger partial charge is 0.493 e. The van der Waals surface area contributed by atoms with Crippen molar-refractivity contribution in [3.05, 3.63) is 24.2 Å². The lowest BCUT2D eigenvalue weighted by Gasteiger charge is -2.30. The van der Waals surface area contributed by atoms with Crippen molar-refractivity contribution in [2.24, 2.45) is 0 Å². The van der Waals surface area contributed by atoms with Gasteiger partial charge in [-0.25, -0.2) is 9.97 Å². The molecule has 6 nitrogen and oxygen atoms in total. The lowest BCUT2D eigenvalue weighted by Crippen LogP contribution is -2.33. The molecule has 3 rings (SSSR count). The fourth-order valence-corrected chi connectivity index (χ4v) is 3.08. The highest BCUT2D eigenvalue weighted by Crippen LogP contribution is 2.36. The van der Waals surface area contributed by atoms with Crippen molar-refractivity contribution in [1.82, 2.24) is 14.9 Å². The van der Waals surface area contributed by atoms with E-state index in [4.69, 9.17) is 9.47 Å². The van der Waals surface area contributed by atoms with Crippen molar-refractivity contribution >= 4 is 10.9 Å². The van der Waals surface area contributed by atoms with Gasteiger partial charge in [0.2, 0.25) is 0 Å². The molecule has 1 fully saturated rings. The maximum atomic E-state index is 9.22. The van der Waals surface area contributed by atoms with Crippen LogP contribution < -0.4 is 9.47 Å². The van der Waals surface area contributed by atoms with Crippen LogP contribution in [0, 0.1) is 0 Å². The molecule has 1 aromatic carbocycles. The van der Waals surface area contributed by atoms with Gasteiger partial charge >= 0.3 is 0 Å². The normalized spacial score (nSPS) is 16.9. The summed E-state index contributed by atoms with van der Waals surface area (Å²) < 4.78 is 10.7. The molecule has 0 spiro atoms. The van der Waals surface area contributed by atoms with Crippen molar-refractivity contribution in [2.45, 2.75) is 18.8 Å². The van der Waals surface area contributed by atoms with Crippen LogP contribution in [0.1, 0.15) is 24.5 Å². The van der Waals surface area contributed by atoms with Crippen LogP contribution in [0.2, 0.25) is 0 Å². The quantitative estimate of drug-likeness (QED) is 0.928. The van der Waals surface area contributed by atoms with E-state index in [0.717, 1.165) is 42.5 Å². The summed E-state index contributed by atoms with van der Waals surface area (Å²) in [6, 6.07) is 3.85. The minimum absolute atomic E-state index is 0.127. The number of aromatic nitrogens is 2. The van der Waals surface area contributed by atoms with Crippen LogP contribution in [0.25, 0.3) is 10.9 Å². The van der Waals surface area contributed by atoms with E-state index >= 15 is 0 Å².